The van der Waals surface area contributed by atoms with Gasteiger partial charge in [0.15, 0.2) is 0 Å². The third-order valence-electron chi connectivity index (χ3n) is 3.29. The molecule has 0 aliphatic rings. The molecule has 0 aliphatic carbocycles. The highest BCUT2D eigenvalue weighted by atomic mass is 79.9. The van der Waals surface area contributed by atoms with Crippen molar-refractivity contribution in [3.63, 3.8) is 0 Å². The zero-order chi connectivity index (χ0) is 15.1. The third-order valence-corrected chi connectivity index (χ3v) is 5.27. The van der Waals surface area contributed by atoms with Crippen LogP contribution in [-0.2, 0) is 0 Å². The maximum absolute atomic E-state index is 12.4. The highest BCUT2D eigenvalue weighted by Crippen LogP contribution is 2.25. The van der Waals surface area contributed by atoms with Crippen molar-refractivity contribution in [3.8, 4) is 0 Å². The van der Waals surface area contributed by atoms with E-state index in [1.54, 1.807) is 0 Å². The van der Waals surface area contributed by atoms with E-state index in [9.17, 15) is 4.79 Å². The Hall–Kier alpha value is -1.73. The molecule has 3 aromatic rings. The van der Waals surface area contributed by atoms with Crippen LogP contribution in [0.25, 0.3) is 4.96 Å². The molecule has 108 valence electrons. The maximum Gasteiger partial charge on any atom is 0.267 e. The predicted octanol–water partition coefficient (Wildman–Crippen LogP) is 3.73. The molecule has 0 saturated carbocycles. The van der Waals surface area contributed by atoms with Gasteiger partial charge in [-0.3, -0.25) is 9.20 Å². The van der Waals surface area contributed by atoms with Gasteiger partial charge in [-0.15, -0.1) is 10.2 Å². The highest BCUT2D eigenvalue weighted by Gasteiger charge is 2.18. The number of halogens is 1. The predicted molar refractivity (Wildman–Crippen MR) is 87.2 cm³/mol. The molecule has 7 heteroatoms. The molecule has 21 heavy (non-hydrogen) atoms. The minimum absolute atomic E-state index is 0.127. The molecule has 5 nitrogen and oxygen atoms in total. The van der Waals surface area contributed by atoms with Crippen molar-refractivity contribution in [3.05, 3.63) is 44.6 Å². The van der Waals surface area contributed by atoms with Crippen molar-refractivity contribution >= 4 is 43.8 Å². The van der Waals surface area contributed by atoms with Crippen LogP contribution < -0.4 is 5.32 Å². The van der Waals surface area contributed by atoms with Crippen LogP contribution in [0.3, 0.4) is 0 Å². The van der Waals surface area contributed by atoms with Crippen molar-refractivity contribution in [2.24, 2.45) is 0 Å². The van der Waals surface area contributed by atoms with Crippen molar-refractivity contribution in [1.82, 2.24) is 14.6 Å². The summed E-state index contributed by atoms with van der Waals surface area (Å²) in [5.41, 5.74) is 2.75. The summed E-state index contributed by atoms with van der Waals surface area (Å²) >= 11 is 4.81. The van der Waals surface area contributed by atoms with E-state index in [-0.39, 0.29) is 5.91 Å². The van der Waals surface area contributed by atoms with Crippen LogP contribution in [0.5, 0.6) is 0 Å². The number of fused-ring (bicyclic) bond motifs is 1. The van der Waals surface area contributed by atoms with E-state index in [0.717, 1.165) is 32.2 Å². The zero-order valence-corrected chi connectivity index (χ0v) is 14.2. The highest BCUT2D eigenvalue weighted by molar-refractivity contribution is 9.10. The van der Waals surface area contributed by atoms with E-state index in [1.807, 2.05) is 43.4 Å². The van der Waals surface area contributed by atoms with Crippen LogP contribution in [0.1, 0.15) is 26.8 Å². The van der Waals surface area contributed by atoms with Crippen LogP contribution in [0, 0.1) is 20.8 Å². The number of hydrogen-bond acceptors (Lipinski definition) is 4. The third kappa shape index (κ3) is 2.47. The number of amides is 1. The first-order valence-electron chi connectivity index (χ1n) is 6.36. The Labute approximate surface area is 134 Å². The lowest BCUT2D eigenvalue weighted by molar-refractivity contribution is 0.102. The summed E-state index contributed by atoms with van der Waals surface area (Å²) in [4.78, 5) is 13.8. The summed E-state index contributed by atoms with van der Waals surface area (Å²) in [5, 5.41) is 11.0. The molecule has 1 N–H and O–H groups in total. The molecule has 0 bridgehead atoms. The second-order valence-electron chi connectivity index (χ2n) is 4.80. The van der Waals surface area contributed by atoms with Gasteiger partial charge in [-0.2, -0.15) is 0 Å². The number of aromatic nitrogens is 3. The number of nitrogens with zero attached hydrogens (tertiary/aromatic N) is 3. The van der Waals surface area contributed by atoms with Crippen molar-refractivity contribution < 1.29 is 4.79 Å². The molecule has 0 unspecified atom stereocenters. The Morgan fingerprint density at radius 1 is 1.29 bits per heavy atom. The lowest BCUT2D eigenvalue weighted by Crippen LogP contribution is -2.12. The molecule has 1 aromatic carbocycles. The van der Waals surface area contributed by atoms with Gasteiger partial charge in [0, 0.05) is 15.9 Å². The minimum atomic E-state index is -0.127. The average molecular weight is 365 g/mol. The monoisotopic (exact) mass is 364 g/mol. The summed E-state index contributed by atoms with van der Waals surface area (Å²) in [5.74, 6) is 0.661. The molecule has 0 spiro atoms. The minimum Gasteiger partial charge on any atom is -0.321 e. The van der Waals surface area contributed by atoms with Crippen LogP contribution in [0.4, 0.5) is 5.69 Å². The quantitative estimate of drug-likeness (QED) is 0.753. The van der Waals surface area contributed by atoms with Crippen LogP contribution in [0.2, 0.25) is 0 Å². The number of benzene rings is 1. The SMILES string of the molecule is Cc1ccc(NC(=O)c2sc3nnc(C)n3c2C)cc1Br. The molecule has 0 radical (unpaired) electrons. The standard InChI is InChI=1S/C14H13BrN4OS/c1-7-4-5-10(6-11(7)15)16-13(20)12-8(2)19-9(3)17-18-14(19)21-12/h4-6H,1-3H3,(H,16,20). The van der Waals surface area contributed by atoms with Crippen molar-refractivity contribution in [2.75, 3.05) is 5.32 Å². The molecule has 0 aliphatic heterocycles. The van der Waals surface area contributed by atoms with Gasteiger partial charge >= 0.3 is 0 Å². The number of hydrogen-bond donors (Lipinski definition) is 1. The fraction of sp³-hybridized carbons (Fsp3) is 0.214. The van der Waals surface area contributed by atoms with Gasteiger partial charge in [-0.05, 0) is 38.5 Å². The first-order chi connectivity index (χ1) is 9.97. The van der Waals surface area contributed by atoms with Gasteiger partial charge < -0.3 is 5.32 Å². The van der Waals surface area contributed by atoms with E-state index >= 15 is 0 Å². The Kier molecular flexibility index (Phi) is 3.54. The molecular formula is C14H13BrN4OS. The van der Waals surface area contributed by atoms with Crippen molar-refractivity contribution in [1.29, 1.82) is 0 Å². The largest absolute Gasteiger partial charge is 0.321 e. The summed E-state index contributed by atoms with van der Waals surface area (Å²) < 4.78 is 2.86. The normalized spacial score (nSPS) is 11.0. The average Bonchev–Trinajstić information content (AvgIpc) is 2.96. The second-order valence-corrected chi connectivity index (χ2v) is 6.63. The van der Waals surface area contributed by atoms with Gasteiger partial charge in [-0.25, -0.2) is 0 Å². The number of nitrogens with one attached hydrogen (secondary N) is 1. The van der Waals surface area contributed by atoms with E-state index in [4.69, 9.17) is 0 Å². The number of rotatable bonds is 2. The lowest BCUT2D eigenvalue weighted by atomic mass is 10.2. The molecule has 0 fully saturated rings. The Morgan fingerprint density at radius 3 is 2.71 bits per heavy atom. The first kappa shape index (κ1) is 14.2. The Balaban J connectivity index is 1.93. The smallest absolute Gasteiger partial charge is 0.267 e. The summed E-state index contributed by atoms with van der Waals surface area (Å²) in [6.45, 7) is 5.78. The molecule has 0 saturated heterocycles. The number of carbonyl (C=O) groups excluding carboxylic acids is 1. The summed E-state index contributed by atoms with van der Waals surface area (Å²) in [7, 11) is 0. The van der Waals surface area contributed by atoms with E-state index < -0.39 is 0 Å². The molecule has 0 atom stereocenters. The Morgan fingerprint density at radius 2 is 2.05 bits per heavy atom. The maximum atomic E-state index is 12.4. The second kappa shape index (κ2) is 5.23. The molecular weight excluding hydrogens is 352 g/mol. The van der Waals surface area contributed by atoms with Crippen LogP contribution in [-0.4, -0.2) is 20.5 Å². The fourth-order valence-electron chi connectivity index (χ4n) is 2.13. The molecule has 2 aromatic heterocycles. The zero-order valence-electron chi connectivity index (χ0n) is 11.8. The van der Waals surface area contributed by atoms with Gasteiger partial charge in [0.25, 0.3) is 5.91 Å². The topological polar surface area (TPSA) is 59.3 Å². The number of thiazole rings is 1. The number of carbonyl (C=O) groups is 1. The van der Waals surface area contributed by atoms with E-state index in [1.165, 1.54) is 11.3 Å². The molecule has 3 rings (SSSR count). The molecule has 1 amide bonds. The lowest BCUT2D eigenvalue weighted by Gasteiger charge is -2.06. The van der Waals surface area contributed by atoms with Gasteiger partial charge in [-0.1, -0.05) is 33.3 Å². The Bertz CT molecular complexity index is 852. The van der Waals surface area contributed by atoms with E-state index in [0.29, 0.717) is 4.88 Å². The summed E-state index contributed by atoms with van der Waals surface area (Å²) in [6.07, 6.45) is 0. The van der Waals surface area contributed by atoms with Crippen LogP contribution in [0.15, 0.2) is 22.7 Å². The van der Waals surface area contributed by atoms with E-state index in [2.05, 4.69) is 31.4 Å². The number of aryl methyl sites for hydroxylation is 3. The van der Waals surface area contributed by atoms with Gasteiger partial charge in [0.1, 0.15) is 10.7 Å². The van der Waals surface area contributed by atoms with Gasteiger partial charge in [0.05, 0.1) is 0 Å². The number of anilines is 1. The molecule has 2 heterocycles. The fourth-order valence-corrected chi connectivity index (χ4v) is 3.52. The first-order valence-corrected chi connectivity index (χ1v) is 7.97. The van der Waals surface area contributed by atoms with Crippen LogP contribution >= 0.6 is 27.3 Å². The summed E-state index contributed by atoms with van der Waals surface area (Å²) in [6, 6.07) is 5.74. The van der Waals surface area contributed by atoms with Crippen molar-refractivity contribution in [2.45, 2.75) is 20.8 Å². The van der Waals surface area contributed by atoms with Gasteiger partial charge in [0.2, 0.25) is 4.96 Å².